The molecule has 1 unspecified atom stereocenters. The number of methoxy groups -OCH3 is 2. The van der Waals surface area contributed by atoms with Crippen LogP contribution in [0.5, 0.6) is 11.5 Å². The summed E-state index contributed by atoms with van der Waals surface area (Å²) in [5, 5.41) is 2.32. The molecule has 0 aliphatic carbocycles. The van der Waals surface area contributed by atoms with E-state index in [2.05, 4.69) is 55.5 Å². The summed E-state index contributed by atoms with van der Waals surface area (Å²) in [6.45, 7) is 2.63. The molecule has 4 aromatic rings. The fourth-order valence-corrected chi connectivity index (χ4v) is 4.95. The Morgan fingerprint density at radius 1 is 0.909 bits per heavy atom. The zero-order chi connectivity index (χ0) is 22.9. The van der Waals surface area contributed by atoms with Crippen LogP contribution in [0.4, 0.5) is 5.69 Å². The van der Waals surface area contributed by atoms with Gasteiger partial charge in [0, 0.05) is 23.6 Å². The molecular formula is C29H27NO3. The first-order valence-electron chi connectivity index (χ1n) is 11.2. The van der Waals surface area contributed by atoms with Gasteiger partial charge in [0.15, 0.2) is 0 Å². The van der Waals surface area contributed by atoms with Crippen LogP contribution in [0.3, 0.4) is 0 Å². The van der Waals surface area contributed by atoms with Gasteiger partial charge < -0.3 is 14.4 Å². The molecular weight excluding hydrogens is 410 g/mol. The van der Waals surface area contributed by atoms with Crippen molar-refractivity contribution in [2.24, 2.45) is 0 Å². The number of hydrogen-bond acceptors (Lipinski definition) is 3. The van der Waals surface area contributed by atoms with Crippen molar-refractivity contribution in [3.05, 3.63) is 101 Å². The van der Waals surface area contributed by atoms with Crippen LogP contribution in [0.2, 0.25) is 0 Å². The lowest BCUT2D eigenvalue weighted by atomic mass is 9.80. The molecule has 0 bridgehead atoms. The lowest BCUT2D eigenvalue weighted by Crippen LogP contribution is -2.36. The first kappa shape index (κ1) is 21.1. The van der Waals surface area contributed by atoms with Crippen LogP contribution < -0.4 is 14.4 Å². The van der Waals surface area contributed by atoms with Crippen LogP contribution in [0.1, 0.15) is 34.6 Å². The minimum absolute atomic E-state index is 0.106. The molecule has 0 saturated carbocycles. The number of nitrogens with zero attached hydrogens (tertiary/aromatic N) is 1. The Balaban J connectivity index is 1.71. The van der Waals surface area contributed by atoms with Crippen molar-refractivity contribution < 1.29 is 14.3 Å². The second-order valence-electron chi connectivity index (χ2n) is 8.55. The Hall–Kier alpha value is -3.79. The molecule has 1 aliphatic rings. The van der Waals surface area contributed by atoms with E-state index in [1.165, 1.54) is 5.56 Å². The van der Waals surface area contributed by atoms with Crippen LogP contribution in [0, 0.1) is 6.92 Å². The molecule has 4 nitrogen and oxygen atoms in total. The van der Waals surface area contributed by atoms with E-state index in [0.29, 0.717) is 13.0 Å². The summed E-state index contributed by atoms with van der Waals surface area (Å²) >= 11 is 0. The number of carbonyl (C=O) groups excluding carboxylic acids is 1. The summed E-state index contributed by atoms with van der Waals surface area (Å²) in [6, 6.07) is 26.7. The van der Waals surface area contributed by atoms with Gasteiger partial charge in [0.2, 0.25) is 5.91 Å². The Kier molecular flexibility index (Phi) is 5.51. The molecule has 4 heteroatoms. The highest BCUT2D eigenvalue weighted by atomic mass is 16.5. The highest BCUT2D eigenvalue weighted by Crippen LogP contribution is 2.47. The van der Waals surface area contributed by atoms with Crippen molar-refractivity contribution in [1.29, 1.82) is 0 Å². The van der Waals surface area contributed by atoms with Gasteiger partial charge in [-0.15, -0.1) is 0 Å². The van der Waals surface area contributed by atoms with Crippen molar-refractivity contribution in [1.82, 2.24) is 0 Å². The summed E-state index contributed by atoms with van der Waals surface area (Å²) in [7, 11) is 3.33. The lowest BCUT2D eigenvalue weighted by Gasteiger charge is -2.36. The second-order valence-corrected chi connectivity index (χ2v) is 8.55. The standard InChI is InChI=1S/C29H27NO3/c1-19-7-6-8-20(15-19)18-30-26-13-11-21-9-4-5-10-23(21)29(26)25(17-28(30)31)24-16-22(32-2)12-14-27(24)33-3/h4-16,25H,17-18H2,1-3H3. The second kappa shape index (κ2) is 8.62. The molecule has 0 spiro atoms. The van der Waals surface area contributed by atoms with Gasteiger partial charge in [-0.25, -0.2) is 0 Å². The van der Waals surface area contributed by atoms with Crippen molar-refractivity contribution in [2.75, 3.05) is 19.1 Å². The normalized spacial score (nSPS) is 15.4. The average Bonchev–Trinajstić information content (AvgIpc) is 2.84. The van der Waals surface area contributed by atoms with E-state index in [4.69, 9.17) is 9.47 Å². The number of aryl methyl sites for hydroxylation is 1. The maximum atomic E-state index is 13.6. The molecule has 5 rings (SSSR count). The Morgan fingerprint density at radius 2 is 1.76 bits per heavy atom. The summed E-state index contributed by atoms with van der Waals surface area (Å²) in [5.41, 5.74) is 5.40. The highest BCUT2D eigenvalue weighted by Gasteiger charge is 2.35. The van der Waals surface area contributed by atoms with Gasteiger partial charge in [-0.1, -0.05) is 60.2 Å². The molecule has 0 aromatic heterocycles. The maximum Gasteiger partial charge on any atom is 0.228 e. The Labute approximate surface area is 194 Å². The van der Waals surface area contributed by atoms with Gasteiger partial charge in [-0.2, -0.15) is 0 Å². The Bertz CT molecular complexity index is 1340. The zero-order valence-electron chi connectivity index (χ0n) is 19.2. The van der Waals surface area contributed by atoms with Crippen molar-refractivity contribution >= 4 is 22.4 Å². The zero-order valence-corrected chi connectivity index (χ0v) is 19.2. The number of carbonyl (C=O) groups is 1. The molecule has 33 heavy (non-hydrogen) atoms. The molecule has 1 amide bonds. The van der Waals surface area contributed by atoms with Crippen molar-refractivity contribution in [2.45, 2.75) is 25.8 Å². The number of amides is 1. The fraction of sp³-hybridized carbons (Fsp3) is 0.207. The van der Waals surface area contributed by atoms with Crippen LogP contribution in [0.15, 0.2) is 78.9 Å². The molecule has 0 radical (unpaired) electrons. The fourth-order valence-electron chi connectivity index (χ4n) is 4.95. The van der Waals surface area contributed by atoms with Crippen LogP contribution in [-0.4, -0.2) is 20.1 Å². The van der Waals surface area contributed by atoms with E-state index in [9.17, 15) is 4.79 Å². The first-order valence-corrected chi connectivity index (χ1v) is 11.2. The number of benzene rings is 4. The van der Waals surface area contributed by atoms with Crippen LogP contribution in [0.25, 0.3) is 10.8 Å². The maximum absolute atomic E-state index is 13.6. The topological polar surface area (TPSA) is 38.8 Å². The smallest absolute Gasteiger partial charge is 0.228 e. The van der Waals surface area contributed by atoms with Crippen molar-refractivity contribution in [3.63, 3.8) is 0 Å². The van der Waals surface area contributed by atoms with E-state index in [-0.39, 0.29) is 11.8 Å². The number of ether oxygens (including phenoxy) is 2. The van der Waals surface area contributed by atoms with Gasteiger partial charge >= 0.3 is 0 Å². The van der Waals surface area contributed by atoms with Gasteiger partial charge in [-0.05, 0) is 53.1 Å². The monoisotopic (exact) mass is 437 g/mol. The molecule has 0 fully saturated rings. The molecule has 4 aromatic carbocycles. The quantitative estimate of drug-likeness (QED) is 0.371. The number of hydrogen-bond donors (Lipinski definition) is 0. The summed E-state index contributed by atoms with van der Waals surface area (Å²) in [6.07, 6.45) is 0.371. The minimum Gasteiger partial charge on any atom is -0.497 e. The van der Waals surface area contributed by atoms with Crippen molar-refractivity contribution in [3.8, 4) is 11.5 Å². The molecule has 1 aliphatic heterocycles. The van der Waals surface area contributed by atoms with E-state index >= 15 is 0 Å². The number of anilines is 1. The minimum atomic E-state index is -0.127. The van der Waals surface area contributed by atoms with E-state index in [1.54, 1.807) is 14.2 Å². The predicted octanol–water partition coefficient (Wildman–Crippen LogP) is 6.23. The molecule has 1 heterocycles. The highest BCUT2D eigenvalue weighted by molar-refractivity contribution is 6.03. The van der Waals surface area contributed by atoms with Gasteiger partial charge in [0.25, 0.3) is 0 Å². The SMILES string of the molecule is COc1ccc(OC)c(C2CC(=O)N(Cc3cccc(C)c3)c3ccc4ccccc4c32)c1. The molecule has 166 valence electrons. The molecule has 0 saturated heterocycles. The third kappa shape index (κ3) is 3.82. The third-order valence-corrected chi connectivity index (χ3v) is 6.50. The number of rotatable bonds is 5. The van der Waals surface area contributed by atoms with E-state index < -0.39 is 0 Å². The lowest BCUT2D eigenvalue weighted by molar-refractivity contribution is -0.119. The summed E-state index contributed by atoms with van der Waals surface area (Å²) < 4.78 is 11.2. The third-order valence-electron chi connectivity index (χ3n) is 6.50. The predicted molar refractivity (Wildman–Crippen MR) is 132 cm³/mol. The summed E-state index contributed by atoms with van der Waals surface area (Å²) in [4.78, 5) is 15.5. The molecule has 0 N–H and O–H groups in total. The average molecular weight is 438 g/mol. The van der Waals surface area contributed by atoms with Gasteiger partial charge in [-0.3, -0.25) is 4.79 Å². The van der Waals surface area contributed by atoms with Gasteiger partial charge in [0.1, 0.15) is 11.5 Å². The van der Waals surface area contributed by atoms with Gasteiger partial charge in [0.05, 0.1) is 20.8 Å². The van der Waals surface area contributed by atoms with E-state index in [0.717, 1.165) is 44.6 Å². The first-order chi connectivity index (χ1) is 16.1. The Morgan fingerprint density at radius 3 is 2.55 bits per heavy atom. The molecule has 1 atom stereocenters. The summed E-state index contributed by atoms with van der Waals surface area (Å²) in [5.74, 6) is 1.49. The largest absolute Gasteiger partial charge is 0.497 e. The van der Waals surface area contributed by atoms with Crippen LogP contribution in [-0.2, 0) is 11.3 Å². The van der Waals surface area contributed by atoms with Crippen LogP contribution >= 0.6 is 0 Å². The number of fused-ring (bicyclic) bond motifs is 3. The van der Waals surface area contributed by atoms with E-state index in [1.807, 2.05) is 35.2 Å².